The first-order valence-corrected chi connectivity index (χ1v) is 6.85. The van der Waals surface area contributed by atoms with Crippen LogP contribution in [-0.2, 0) is 9.53 Å². The Hall–Kier alpha value is -0.220. The second-order valence-corrected chi connectivity index (χ2v) is 5.40. The topological polar surface area (TPSA) is 29.5 Å². The number of ether oxygens (including phenoxy) is 1. The third-order valence-electron chi connectivity index (χ3n) is 3.86. The molecule has 1 heterocycles. The summed E-state index contributed by atoms with van der Waals surface area (Å²) >= 11 is 4.51. The highest BCUT2D eigenvalue weighted by Gasteiger charge is 2.34. The maximum absolute atomic E-state index is 11.7. The maximum Gasteiger partial charge on any atom is 0.248 e. The standard InChI is InChI=1S/C12H21NO2S/c14-11-8-15-7-6-13(11)9-12(10-16)4-2-1-3-5-12/h16H,1-10H2. The van der Waals surface area contributed by atoms with Crippen molar-refractivity contribution in [2.75, 3.05) is 32.1 Å². The number of rotatable bonds is 3. The van der Waals surface area contributed by atoms with Crippen LogP contribution in [0, 0.1) is 5.41 Å². The van der Waals surface area contributed by atoms with Crippen LogP contribution in [-0.4, -0.2) is 42.9 Å². The molecule has 0 atom stereocenters. The van der Waals surface area contributed by atoms with Crippen molar-refractivity contribution in [2.45, 2.75) is 32.1 Å². The van der Waals surface area contributed by atoms with Gasteiger partial charge in [-0.1, -0.05) is 19.3 Å². The number of carbonyl (C=O) groups excluding carboxylic acids is 1. The lowest BCUT2D eigenvalue weighted by molar-refractivity contribution is -0.144. The van der Waals surface area contributed by atoms with E-state index in [0.29, 0.717) is 6.61 Å². The van der Waals surface area contributed by atoms with E-state index in [0.717, 1.165) is 18.8 Å². The van der Waals surface area contributed by atoms with Gasteiger partial charge < -0.3 is 9.64 Å². The molecule has 2 rings (SSSR count). The van der Waals surface area contributed by atoms with Gasteiger partial charge in [0.2, 0.25) is 5.91 Å². The molecule has 2 aliphatic rings. The monoisotopic (exact) mass is 243 g/mol. The van der Waals surface area contributed by atoms with E-state index in [-0.39, 0.29) is 17.9 Å². The summed E-state index contributed by atoms with van der Waals surface area (Å²) in [6.07, 6.45) is 6.37. The first-order valence-electron chi connectivity index (χ1n) is 6.22. The van der Waals surface area contributed by atoms with Crippen molar-refractivity contribution in [3.63, 3.8) is 0 Å². The quantitative estimate of drug-likeness (QED) is 0.765. The van der Waals surface area contributed by atoms with Crippen LogP contribution in [0.1, 0.15) is 32.1 Å². The average molecular weight is 243 g/mol. The van der Waals surface area contributed by atoms with Gasteiger partial charge in [0.15, 0.2) is 0 Å². The van der Waals surface area contributed by atoms with Crippen LogP contribution in [0.4, 0.5) is 0 Å². The first kappa shape index (κ1) is 12.2. The molecular weight excluding hydrogens is 222 g/mol. The molecule has 1 saturated heterocycles. The third kappa shape index (κ3) is 2.72. The van der Waals surface area contributed by atoms with E-state index in [9.17, 15) is 4.79 Å². The van der Waals surface area contributed by atoms with Crippen LogP contribution in [0.25, 0.3) is 0 Å². The molecule has 0 N–H and O–H groups in total. The highest BCUT2D eigenvalue weighted by atomic mass is 32.1. The Labute approximate surface area is 103 Å². The summed E-state index contributed by atoms with van der Waals surface area (Å²) in [7, 11) is 0. The Morgan fingerprint density at radius 2 is 2.06 bits per heavy atom. The summed E-state index contributed by atoms with van der Waals surface area (Å²) in [4.78, 5) is 13.7. The molecule has 3 nitrogen and oxygen atoms in total. The highest BCUT2D eigenvalue weighted by molar-refractivity contribution is 7.80. The van der Waals surface area contributed by atoms with Gasteiger partial charge in [-0.05, 0) is 24.0 Å². The minimum Gasteiger partial charge on any atom is -0.370 e. The van der Waals surface area contributed by atoms with Crippen LogP contribution in [0.3, 0.4) is 0 Å². The van der Waals surface area contributed by atoms with Gasteiger partial charge in [0.25, 0.3) is 0 Å². The molecule has 0 bridgehead atoms. The molecule has 16 heavy (non-hydrogen) atoms. The molecule has 0 aromatic rings. The van der Waals surface area contributed by atoms with Crippen LogP contribution in [0.2, 0.25) is 0 Å². The number of hydrogen-bond acceptors (Lipinski definition) is 3. The fourth-order valence-corrected chi connectivity index (χ4v) is 3.21. The summed E-state index contributed by atoms with van der Waals surface area (Å²) in [6.45, 7) is 2.60. The number of hydrogen-bond donors (Lipinski definition) is 1. The number of thiol groups is 1. The second-order valence-electron chi connectivity index (χ2n) is 5.09. The van der Waals surface area contributed by atoms with Crippen molar-refractivity contribution in [1.29, 1.82) is 0 Å². The number of nitrogens with zero attached hydrogens (tertiary/aromatic N) is 1. The molecule has 0 radical (unpaired) electrons. The predicted molar refractivity (Wildman–Crippen MR) is 66.8 cm³/mol. The molecule has 2 fully saturated rings. The molecule has 1 saturated carbocycles. The Morgan fingerprint density at radius 1 is 1.31 bits per heavy atom. The van der Waals surface area contributed by atoms with Gasteiger partial charge in [0, 0.05) is 13.1 Å². The van der Waals surface area contributed by atoms with E-state index in [1.165, 1.54) is 32.1 Å². The minimum atomic E-state index is 0.151. The third-order valence-corrected chi connectivity index (χ3v) is 4.53. The minimum absolute atomic E-state index is 0.151. The van der Waals surface area contributed by atoms with Gasteiger partial charge >= 0.3 is 0 Å². The number of amides is 1. The summed E-state index contributed by atoms with van der Waals surface area (Å²) in [5.74, 6) is 1.05. The zero-order valence-electron chi connectivity index (χ0n) is 9.78. The zero-order valence-corrected chi connectivity index (χ0v) is 10.7. The normalized spacial score (nSPS) is 25.8. The predicted octanol–water partition coefficient (Wildman–Crippen LogP) is 1.73. The van der Waals surface area contributed by atoms with Crippen molar-refractivity contribution >= 4 is 18.5 Å². The Bertz CT molecular complexity index is 251. The van der Waals surface area contributed by atoms with Gasteiger partial charge in [0.05, 0.1) is 6.61 Å². The fourth-order valence-electron chi connectivity index (χ4n) is 2.79. The zero-order chi connectivity index (χ0) is 11.4. The van der Waals surface area contributed by atoms with Gasteiger partial charge in [-0.25, -0.2) is 0 Å². The molecule has 0 spiro atoms. The van der Waals surface area contributed by atoms with Crippen LogP contribution in [0.5, 0.6) is 0 Å². The molecule has 1 aliphatic carbocycles. The Balaban J connectivity index is 1.96. The van der Waals surface area contributed by atoms with E-state index in [1.807, 2.05) is 4.90 Å². The van der Waals surface area contributed by atoms with Crippen molar-refractivity contribution in [1.82, 2.24) is 4.90 Å². The van der Waals surface area contributed by atoms with Crippen LogP contribution in [0.15, 0.2) is 0 Å². The van der Waals surface area contributed by atoms with Crippen LogP contribution < -0.4 is 0 Å². The lowest BCUT2D eigenvalue weighted by Crippen LogP contribution is -2.48. The summed E-state index contributed by atoms with van der Waals surface area (Å²) in [6, 6.07) is 0. The van der Waals surface area contributed by atoms with Crippen molar-refractivity contribution in [3.05, 3.63) is 0 Å². The maximum atomic E-state index is 11.7. The Morgan fingerprint density at radius 3 is 2.69 bits per heavy atom. The molecule has 1 amide bonds. The number of morpholine rings is 1. The fraction of sp³-hybridized carbons (Fsp3) is 0.917. The second kappa shape index (κ2) is 5.41. The average Bonchev–Trinajstić information content (AvgIpc) is 2.33. The van der Waals surface area contributed by atoms with Crippen molar-refractivity contribution in [2.24, 2.45) is 5.41 Å². The molecule has 0 aromatic heterocycles. The van der Waals surface area contributed by atoms with Gasteiger partial charge in [-0.15, -0.1) is 0 Å². The van der Waals surface area contributed by atoms with Crippen molar-refractivity contribution in [3.8, 4) is 0 Å². The highest BCUT2D eigenvalue weighted by Crippen LogP contribution is 2.38. The summed E-state index contributed by atoms with van der Waals surface area (Å²) in [5, 5.41) is 0. The van der Waals surface area contributed by atoms with Gasteiger partial charge in [-0.2, -0.15) is 12.6 Å². The SMILES string of the molecule is O=C1COCCN1CC1(CS)CCCCC1. The van der Waals surface area contributed by atoms with Gasteiger partial charge in [-0.3, -0.25) is 4.79 Å². The van der Waals surface area contributed by atoms with Gasteiger partial charge in [0.1, 0.15) is 6.61 Å². The van der Waals surface area contributed by atoms with Crippen LogP contribution >= 0.6 is 12.6 Å². The van der Waals surface area contributed by atoms with E-state index in [4.69, 9.17) is 4.74 Å². The lowest BCUT2D eigenvalue weighted by atomic mass is 9.75. The Kier molecular flexibility index (Phi) is 4.14. The largest absolute Gasteiger partial charge is 0.370 e. The molecule has 0 aromatic carbocycles. The summed E-state index contributed by atoms with van der Waals surface area (Å²) in [5.41, 5.74) is 0.272. The lowest BCUT2D eigenvalue weighted by Gasteiger charge is -2.41. The van der Waals surface area contributed by atoms with E-state index in [2.05, 4.69) is 12.6 Å². The molecule has 4 heteroatoms. The smallest absolute Gasteiger partial charge is 0.248 e. The van der Waals surface area contributed by atoms with E-state index >= 15 is 0 Å². The first-order chi connectivity index (χ1) is 7.76. The molecular formula is C12H21NO2S. The molecule has 1 aliphatic heterocycles. The van der Waals surface area contributed by atoms with E-state index in [1.54, 1.807) is 0 Å². The summed E-state index contributed by atoms with van der Waals surface area (Å²) < 4.78 is 5.16. The number of carbonyl (C=O) groups is 1. The van der Waals surface area contributed by atoms with E-state index < -0.39 is 0 Å². The molecule has 0 unspecified atom stereocenters. The molecule has 92 valence electrons. The van der Waals surface area contributed by atoms with Crippen molar-refractivity contribution < 1.29 is 9.53 Å².